The van der Waals surface area contributed by atoms with Crippen molar-refractivity contribution in [1.82, 2.24) is 0 Å². The highest BCUT2D eigenvalue weighted by Gasteiger charge is 2.52. The SMILES string of the molecule is CC(C)[C@@H]1O[C@](C)(C(C)(C)C)OC1=O. The van der Waals surface area contributed by atoms with Crippen molar-refractivity contribution in [2.45, 2.75) is 53.4 Å². The van der Waals surface area contributed by atoms with Gasteiger partial charge in [0.2, 0.25) is 5.79 Å². The van der Waals surface area contributed by atoms with Crippen molar-refractivity contribution in [2.75, 3.05) is 0 Å². The van der Waals surface area contributed by atoms with Gasteiger partial charge in [-0.25, -0.2) is 4.79 Å². The number of carbonyl (C=O) groups is 1. The Morgan fingerprint density at radius 3 is 2.07 bits per heavy atom. The predicted molar refractivity (Wildman–Crippen MR) is 53.7 cm³/mol. The summed E-state index contributed by atoms with van der Waals surface area (Å²) < 4.78 is 11.0. The molecule has 14 heavy (non-hydrogen) atoms. The maximum atomic E-state index is 11.5. The summed E-state index contributed by atoms with van der Waals surface area (Å²) in [6.07, 6.45) is -0.417. The van der Waals surface area contributed by atoms with Gasteiger partial charge in [-0.1, -0.05) is 34.6 Å². The van der Waals surface area contributed by atoms with Crippen LogP contribution in [-0.4, -0.2) is 17.9 Å². The summed E-state index contributed by atoms with van der Waals surface area (Å²) in [4.78, 5) is 11.5. The zero-order valence-corrected chi connectivity index (χ0v) is 9.88. The second-order valence-corrected chi connectivity index (χ2v) is 5.40. The van der Waals surface area contributed by atoms with E-state index in [1.165, 1.54) is 0 Å². The van der Waals surface area contributed by atoms with Crippen LogP contribution in [0.4, 0.5) is 0 Å². The van der Waals surface area contributed by atoms with Gasteiger partial charge in [-0.2, -0.15) is 0 Å². The molecule has 0 radical (unpaired) electrons. The number of carbonyl (C=O) groups excluding carboxylic acids is 1. The van der Waals surface area contributed by atoms with Gasteiger partial charge in [0.25, 0.3) is 0 Å². The molecule has 0 unspecified atom stereocenters. The molecular weight excluding hydrogens is 180 g/mol. The van der Waals surface area contributed by atoms with Crippen LogP contribution in [0.1, 0.15) is 41.5 Å². The standard InChI is InChI=1S/C11H20O3/c1-7(2)8-9(12)14-11(6,13-8)10(3,4)5/h7-8H,1-6H3/t8-,11-/m0/s1. The summed E-state index contributed by atoms with van der Waals surface area (Å²) in [5, 5.41) is 0. The number of hydrogen-bond acceptors (Lipinski definition) is 3. The quantitative estimate of drug-likeness (QED) is 0.609. The Kier molecular flexibility index (Phi) is 2.65. The molecule has 0 N–H and O–H groups in total. The average molecular weight is 200 g/mol. The van der Waals surface area contributed by atoms with Gasteiger partial charge in [0, 0.05) is 12.3 Å². The van der Waals surface area contributed by atoms with Crippen LogP contribution in [0.2, 0.25) is 0 Å². The minimum absolute atomic E-state index is 0.159. The molecule has 1 aliphatic rings. The van der Waals surface area contributed by atoms with E-state index >= 15 is 0 Å². The number of rotatable bonds is 1. The summed E-state index contributed by atoms with van der Waals surface area (Å²) in [7, 11) is 0. The third kappa shape index (κ3) is 1.78. The van der Waals surface area contributed by atoms with Crippen molar-refractivity contribution in [2.24, 2.45) is 11.3 Å². The molecule has 3 heteroatoms. The van der Waals surface area contributed by atoms with E-state index in [1.807, 2.05) is 41.5 Å². The van der Waals surface area contributed by atoms with Crippen molar-refractivity contribution >= 4 is 5.97 Å². The third-order valence-electron chi connectivity index (χ3n) is 2.85. The molecule has 1 fully saturated rings. The summed E-state index contributed by atoms with van der Waals surface area (Å²) in [5.74, 6) is -0.872. The van der Waals surface area contributed by atoms with Crippen LogP contribution < -0.4 is 0 Å². The first kappa shape index (κ1) is 11.5. The number of ether oxygens (including phenoxy) is 2. The van der Waals surface area contributed by atoms with Crippen molar-refractivity contribution in [3.05, 3.63) is 0 Å². The molecule has 0 bridgehead atoms. The minimum atomic E-state index is -0.793. The van der Waals surface area contributed by atoms with Crippen LogP contribution in [0.15, 0.2) is 0 Å². The van der Waals surface area contributed by atoms with E-state index in [-0.39, 0.29) is 17.3 Å². The summed E-state index contributed by atoms with van der Waals surface area (Å²) in [5.41, 5.74) is -0.202. The second-order valence-electron chi connectivity index (χ2n) is 5.40. The van der Waals surface area contributed by atoms with Crippen LogP contribution in [0.25, 0.3) is 0 Å². The van der Waals surface area contributed by atoms with Gasteiger partial charge in [-0.15, -0.1) is 0 Å². The maximum Gasteiger partial charge on any atom is 0.338 e. The monoisotopic (exact) mass is 200 g/mol. The molecule has 0 aromatic rings. The first-order chi connectivity index (χ1) is 6.17. The Balaban J connectivity index is 2.86. The van der Waals surface area contributed by atoms with E-state index in [1.54, 1.807) is 0 Å². The van der Waals surface area contributed by atoms with E-state index in [2.05, 4.69) is 0 Å². The first-order valence-corrected chi connectivity index (χ1v) is 5.08. The molecule has 0 aromatic carbocycles. The van der Waals surface area contributed by atoms with Gasteiger partial charge in [-0.05, 0) is 5.92 Å². The van der Waals surface area contributed by atoms with Crippen molar-refractivity contribution in [1.29, 1.82) is 0 Å². The minimum Gasteiger partial charge on any atom is -0.431 e. The molecule has 0 spiro atoms. The first-order valence-electron chi connectivity index (χ1n) is 5.08. The van der Waals surface area contributed by atoms with Gasteiger partial charge >= 0.3 is 5.97 Å². The molecule has 1 saturated heterocycles. The highest BCUT2D eigenvalue weighted by molar-refractivity contribution is 5.77. The second kappa shape index (κ2) is 3.23. The van der Waals surface area contributed by atoms with Crippen LogP contribution in [0.5, 0.6) is 0 Å². The molecule has 0 saturated carbocycles. The van der Waals surface area contributed by atoms with Crippen LogP contribution in [-0.2, 0) is 14.3 Å². The molecule has 1 heterocycles. The Bertz CT molecular complexity index is 239. The Labute approximate surface area is 85.8 Å². The molecule has 1 rings (SSSR count). The fraction of sp³-hybridized carbons (Fsp3) is 0.909. The van der Waals surface area contributed by atoms with Gasteiger partial charge < -0.3 is 9.47 Å². The lowest BCUT2D eigenvalue weighted by molar-refractivity contribution is -0.220. The lowest BCUT2D eigenvalue weighted by Crippen LogP contribution is -2.41. The zero-order valence-electron chi connectivity index (χ0n) is 9.88. The molecule has 0 aromatic heterocycles. The fourth-order valence-corrected chi connectivity index (χ4v) is 1.30. The summed E-state index contributed by atoms with van der Waals surface area (Å²) in [6, 6.07) is 0. The van der Waals surface area contributed by atoms with E-state index in [4.69, 9.17) is 9.47 Å². The molecule has 3 nitrogen and oxygen atoms in total. The Hall–Kier alpha value is -0.570. The molecular formula is C11H20O3. The smallest absolute Gasteiger partial charge is 0.338 e. The van der Waals surface area contributed by atoms with E-state index < -0.39 is 11.9 Å². The normalized spacial score (nSPS) is 33.6. The largest absolute Gasteiger partial charge is 0.431 e. The number of hydrogen-bond donors (Lipinski definition) is 0. The molecule has 2 atom stereocenters. The zero-order chi connectivity index (χ0) is 11.1. The molecule has 1 aliphatic heterocycles. The fourth-order valence-electron chi connectivity index (χ4n) is 1.30. The Morgan fingerprint density at radius 2 is 1.86 bits per heavy atom. The Morgan fingerprint density at radius 1 is 1.36 bits per heavy atom. The van der Waals surface area contributed by atoms with Crippen LogP contribution in [0.3, 0.4) is 0 Å². The predicted octanol–water partition coefficient (Wildman–Crippen LogP) is 2.35. The molecule has 0 aliphatic carbocycles. The summed E-state index contributed by atoms with van der Waals surface area (Å²) in [6.45, 7) is 11.8. The van der Waals surface area contributed by atoms with E-state index in [0.717, 1.165) is 0 Å². The van der Waals surface area contributed by atoms with E-state index in [9.17, 15) is 4.79 Å². The third-order valence-corrected chi connectivity index (χ3v) is 2.85. The highest BCUT2D eigenvalue weighted by atomic mass is 16.8. The lowest BCUT2D eigenvalue weighted by atomic mass is 9.86. The van der Waals surface area contributed by atoms with Crippen molar-refractivity contribution in [3.63, 3.8) is 0 Å². The van der Waals surface area contributed by atoms with E-state index in [0.29, 0.717) is 0 Å². The number of esters is 1. The highest BCUT2D eigenvalue weighted by Crippen LogP contribution is 2.41. The lowest BCUT2D eigenvalue weighted by Gasteiger charge is -2.35. The van der Waals surface area contributed by atoms with Crippen LogP contribution >= 0.6 is 0 Å². The van der Waals surface area contributed by atoms with Gasteiger partial charge in [0.05, 0.1) is 0 Å². The van der Waals surface area contributed by atoms with Crippen molar-refractivity contribution in [3.8, 4) is 0 Å². The van der Waals surface area contributed by atoms with Gasteiger partial charge in [0.1, 0.15) is 0 Å². The van der Waals surface area contributed by atoms with Crippen molar-refractivity contribution < 1.29 is 14.3 Å². The molecule has 82 valence electrons. The molecule has 0 amide bonds. The number of cyclic esters (lactones) is 1. The maximum absolute atomic E-state index is 11.5. The van der Waals surface area contributed by atoms with Gasteiger partial charge in [0.15, 0.2) is 6.10 Å². The van der Waals surface area contributed by atoms with Gasteiger partial charge in [-0.3, -0.25) is 0 Å². The topological polar surface area (TPSA) is 35.5 Å². The van der Waals surface area contributed by atoms with Crippen LogP contribution in [0, 0.1) is 11.3 Å². The summed E-state index contributed by atoms with van der Waals surface area (Å²) >= 11 is 0. The average Bonchev–Trinajstić information content (AvgIpc) is 2.26.